The summed E-state index contributed by atoms with van der Waals surface area (Å²) in [5, 5.41) is 7.95. The van der Waals surface area contributed by atoms with Crippen LogP contribution in [0.3, 0.4) is 0 Å². The number of nitrogens with zero attached hydrogens (tertiary/aromatic N) is 4. The first-order valence-corrected chi connectivity index (χ1v) is 6.95. The van der Waals surface area contributed by atoms with Gasteiger partial charge in [0.1, 0.15) is 5.82 Å². The van der Waals surface area contributed by atoms with Gasteiger partial charge in [0.15, 0.2) is 5.65 Å². The quantitative estimate of drug-likeness (QED) is 0.700. The van der Waals surface area contributed by atoms with Crippen LogP contribution in [0.4, 0.5) is 11.8 Å². The monoisotopic (exact) mass is 312 g/mol. The molecule has 0 aliphatic carbocycles. The zero-order valence-corrected chi connectivity index (χ0v) is 12.8. The van der Waals surface area contributed by atoms with E-state index in [-0.39, 0.29) is 5.97 Å². The highest BCUT2D eigenvalue weighted by Gasteiger charge is 2.09. The molecule has 0 saturated carbocycles. The number of aryl methyl sites for hydroxylation is 1. The molecule has 0 amide bonds. The number of rotatable bonds is 4. The Morgan fingerprint density at radius 3 is 2.74 bits per heavy atom. The maximum Gasteiger partial charge on any atom is 0.337 e. The van der Waals surface area contributed by atoms with Crippen molar-refractivity contribution >= 4 is 28.8 Å². The summed E-state index contributed by atoms with van der Waals surface area (Å²) < 4.78 is 6.31. The first-order valence-electron chi connectivity index (χ1n) is 6.95. The van der Waals surface area contributed by atoms with E-state index in [0.29, 0.717) is 29.5 Å². The van der Waals surface area contributed by atoms with E-state index in [4.69, 9.17) is 5.73 Å². The molecule has 0 saturated heterocycles. The van der Waals surface area contributed by atoms with Crippen LogP contribution in [-0.2, 0) is 18.3 Å². The average molecular weight is 312 g/mol. The summed E-state index contributed by atoms with van der Waals surface area (Å²) in [5.74, 6) is 0.449. The summed E-state index contributed by atoms with van der Waals surface area (Å²) in [6, 6.07) is 7.10. The fourth-order valence-corrected chi connectivity index (χ4v) is 2.18. The van der Waals surface area contributed by atoms with Crippen molar-refractivity contribution in [2.45, 2.75) is 6.54 Å². The predicted octanol–water partition coefficient (Wildman–Crippen LogP) is 1.34. The topological polar surface area (TPSA) is 108 Å². The molecule has 3 aromatic rings. The number of nitrogens with two attached hydrogens (primary N) is 1. The number of methoxy groups -OCH3 is 1. The summed E-state index contributed by atoms with van der Waals surface area (Å²) in [4.78, 5) is 20.0. The summed E-state index contributed by atoms with van der Waals surface area (Å²) in [5.41, 5.74) is 8.06. The number of hydrogen-bond acceptors (Lipinski definition) is 7. The average Bonchev–Trinajstić information content (AvgIpc) is 2.94. The van der Waals surface area contributed by atoms with Gasteiger partial charge in [-0.2, -0.15) is 15.1 Å². The second kappa shape index (κ2) is 5.91. The van der Waals surface area contributed by atoms with Crippen molar-refractivity contribution in [1.29, 1.82) is 0 Å². The van der Waals surface area contributed by atoms with Gasteiger partial charge in [-0.3, -0.25) is 4.68 Å². The minimum Gasteiger partial charge on any atom is -0.465 e. The highest BCUT2D eigenvalue weighted by atomic mass is 16.5. The molecule has 3 N–H and O–H groups in total. The summed E-state index contributed by atoms with van der Waals surface area (Å²) in [6.45, 7) is 0.504. The third-order valence-electron chi connectivity index (χ3n) is 3.45. The lowest BCUT2D eigenvalue weighted by atomic mass is 10.1. The van der Waals surface area contributed by atoms with Crippen LogP contribution in [0.2, 0.25) is 0 Å². The number of fused-ring (bicyclic) bond motifs is 1. The van der Waals surface area contributed by atoms with E-state index in [2.05, 4.69) is 25.1 Å². The molecule has 23 heavy (non-hydrogen) atoms. The lowest BCUT2D eigenvalue weighted by molar-refractivity contribution is 0.0600. The summed E-state index contributed by atoms with van der Waals surface area (Å²) in [7, 11) is 3.15. The number of nitrogen functional groups attached to an aromatic ring is 1. The van der Waals surface area contributed by atoms with Gasteiger partial charge in [0, 0.05) is 13.6 Å². The number of nitrogens with one attached hydrogen (secondary N) is 1. The normalized spacial score (nSPS) is 10.7. The third kappa shape index (κ3) is 2.91. The van der Waals surface area contributed by atoms with Gasteiger partial charge in [0.2, 0.25) is 5.95 Å². The van der Waals surface area contributed by atoms with Gasteiger partial charge in [-0.05, 0) is 17.7 Å². The molecule has 0 aliphatic heterocycles. The van der Waals surface area contributed by atoms with E-state index in [0.717, 1.165) is 10.9 Å². The Labute approximate surface area is 132 Å². The number of aromatic nitrogens is 4. The number of anilines is 2. The van der Waals surface area contributed by atoms with Crippen molar-refractivity contribution < 1.29 is 9.53 Å². The van der Waals surface area contributed by atoms with Crippen molar-refractivity contribution in [1.82, 2.24) is 19.7 Å². The first kappa shape index (κ1) is 14.8. The largest absolute Gasteiger partial charge is 0.465 e. The van der Waals surface area contributed by atoms with Gasteiger partial charge in [-0.25, -0.2) is 4.79 Å². The van der Waals surface area contributed by atoms with Crippen molar-refractivity contribution in [3.8, 4) is 0 Å². The van der Waals surface area contributed by atoms with Crippen LogP contribution in [0.25, 0.3) is 11.0 Å². The van der Waals surface area contributed by atoms with Crippen molar-refractivity contribution in [3.63, 3.8) is 0 Å². The molecule has 0 unspecified atom stereocenters. The Kier molecular flexibility index (Phi) is 3.80. The fraction of sp³-hybridized carbons (Fsp3) is 0.200. The van der Waals surface area contributed by atoms with Crippen LogP contribution in [-0.4, -0.2) is 32.8 Å². The molecule has 2 aromatic heterocycles. The van der Waals surface area contributed by atoms with Gasteiger partial charge in [-0.15, -0.1) is 0 Å². The zero-order chi connectivity index (χ0) is 16.4. The predicted molar refractivity (Wildman–Crippen MR) is 85.8 cm³/mol. The van der Waals surface area contributed by atoms with Crippen LogP contribution in [0.1, 0.15) is 15.9 Å². The SMILES string of the molecule is COC(=O)c1ccc(CNc2nc(N)c3cnn(C)c3n2)cc1. The molecule has 0 spiro atoms. The lowest BCUT2D eigenvalue weighted by Crippen LogP contribution is -2.07. The van der Waals surface area contributed by atoms with E-state index >= 15 is 0 Å². The molecule has 2 heterocycles. The number of carbonyl (C=O) groups excluding carboxylic acids is 1. The van der Waals surface area contributed by atoms with Gasteiger partial charge in [0.25, 0.3) is 0 Å². The van der Waals surface area contributed by atoms with E-state index in [9.17, 15) is 4.79 Å². The number of carbonyl (C=O) groups is 1. The summed E-state index contributed by atoms with van der Waals surface area (Å²) >= 11 is 0. The number of ether oxygens (including phenoxy) is 1. The molecule has 8 heteroatoms. The molecule has 3 rings (SSSR count). The molecule has 0 fully saturated rings. The van der Waals surface area contributed by atoms with Crippen LogP contribution >= 0.6 is 0 Å². The first-order chi connectivity index (χ1) is 11.1. The molecule has 118 valence electrons. The molecular formula is C15H16N6O2. The van der Waals surface area contributed by atoms with Crippen molar-refractivity contribution in [3.05, 3.63) is 41.6 Å². The van der Waals surface area contributed by atoms with Gasteiger partial charge < -0.3 is 15.8 Å². The van der Waals surface area contributed by atoms with Gasteiger partial charge >= 0.3 is 5.97 Å². The molecule has 1 aromatic carbocycles. The molecule has 8 nitrogen and oxygen atoms in total. The number of hydrogen-bond donors (Lipinski definition) is 2. The lowest BCUT2D eigenvalue weighted by Gasteiger charge is -2.07. The highest BCUT2D eigenvalue weighted by Crippen LogP contribution is 2.18. The van der Waals surface area contributed by atoms with Crippen molar-refractivity contribution in [2.75, 3.05) is 18.2 Å². The summed E-state index contributed by atoms with van der Waals surface area (Å²) in [6.07, 6.45) is 1.64. The van der Waals surface area contributed by atoms with Crippen LogP contribution in [0.15, 0.2) is 30.5 Å². The van der Waals surface area contributed by atoms with Crippen LogP contribution in [0.5, 0.6) is 0 Å². The fourth-order valence-electron chi connectivity index (χ4n) is 2.18. The smallest absolute Gasteiger partial charge is 0.337 e. The zero-order valence-electron chi connectivity index (χ0n) is 12.8. The molecule has 0 bridgehead atoms. The second-order valence-electron chi connectivity index (χ2n) is 4.98. The number of benzene rings is 1. The Morgan fingerprint density at radius 2 is 2.04 bits per heavy atom. The Morgan fingerprint density at radius 1 is 1.30 bits per heavy atom. The Balaban J connectivity index is 1.75. The van der Waals surface area contributed by atoms with E-state index < -0.39 is 0 Å². The van der Waals surface area contributed by atoms with E-state index in [1.165, 1.54) is 7.11 Å². The van der Waals surface area contributed by atoms with Gasteiger partial charge in [-0.1, -0.05) is 12.1 Å². The van der Waals surface area contributed by atoms with Crippen LogP contribution in [0, 0.1) is 0 Å². The maximum atomic E-state index is 11.4. The van der Waals surface area contributed by atoms with E-state index in [1.54, 1.807) is 30.1 Å². The minimum atomic E-state index is -0.359. The standard InChI is InChI=1S/C15H16N6O2/c1-21-13-11(8-18-21)12(16)19-15(20-13)17-7-9-3-5-10(6-4-9)14(22)23-2/h3-6,8H,7H2,1-2H3,(H3,16,17,19,20). The third-order valence-corrected chi connectivity index (χ3v) is 3.45. The molecule has 0 aliphatic rings. The van der Waals surface area contributed by atoms with Crippen molar-refractivity contribution in [2.24, 2.45) is 7.05 Å². The second-order valence-corrected chi connectivity index (χ2v) is 4.98. The Hall–Kier alpha value is -3.16. The minimum absolute atomic E-state index is 0.359. The molecular weight excluding hydrogens is 296 g/mol. The molecule has 0 atom stereocenters. The number of esters is 1. The maximum absolute atomic E-state index is 11.4. The molecule has 0 radical (unpaired) electrons. The van der Waals surface area contributed by atoms with Gasteiger partial charge in [0.05, 0.1) is 24.3 Å². The van der Waals surface area contributed by atoms with E-state index in [1.807, 2.05) is 12.1 Å². The highest BCUT2D eigenvalue weighted by molar-refractivity contribution is 5.89. The Bertz CT molecular complexity index is 856. The van der Waals surface area contributed by atoms with Crippen LogP contribution < -0.4 is 11.1 Å².